The van der Waals surface area contributed by atoms with Gasteiger partial charge in [-0.25, -0.2) is 0 Å². The third-order valence-corrected chi connectivity index (χ3v) is 10.0. The Labute approximate surface area is 174 Å². The van der Waals surface area contributed by atoms with Crippen LogP contribution in [0.4, 0.5) is 0 Å². The molecule has 5 heterocycles. The van der Waals surface area contributed by atoms with E-state index in [1.165, 1.54) is 25.8 Å². The predicted molar refractivity (Wildman–Crippen MR) is 110 cm³/mol. The van der Waals surface area contributed by atoms with Gasteiger partial charge in [-0.3, -0.25) is 4.90 Å². The van der Waals surface area contributed by atoms with Crippen molar-refractivity contribution in [2.75, 3.05) is 39.5 Å². The summed E-state index contributed by atoms with van der Waals surface area (Å²) >= 11 is 0. The van der Waals surface area contributed by atoms with Crippen molar-refractivity contribution in [1.29, 1.82) is 0 Å². The molecular weight excluding hydrogens is 366 g/mol. The van der Waals surface area contributed by atoms with Gasteiger partial charge in [0.05, 0.1) is 24.9 Å². The van der Waals surface area contributed by atoms with Gasteiger partial charge in [0.25, 0.3) is 0 Å². The van der Waals surface area contributed by atoms with Gasteiger partial charge in [0, 0.05) is 43.7 Å². The summed E-state index contributed by atoms with van der Waals surface area (Å²) in [6.45, 7) is 7.45. The molecule has 0 bridgehead atoms. The molecule has 6 nitrogen and oxygen atoms in total. The predicted octanol–water partition coefficient (Wildman–Crippen LogP) is 0.825. The lowest BCUT2D eigenvalue weighted by molar-refractivity contribution is -0.176. The van der Waals surface area contributed by atoms with Gasteiger partial charge in [0.1, 0.15) is 0 Å². The van der Waals surface area contributed by atoms with Crippen LogP contribution >= 0.6 is 0 Å². The van der Waals surface area contributed by atoms with E-state index in [-0.39, 0.29) is 0 Å². The number of nitrogens with two attached hydrogens (primary N) is 1. The summed E-state index contributed by atoms with van der Waals surface area (Å²) in [7, 11) is 0. The fraction of sp³-hybridized carbons (Fsp3) is 1.00. The van der Waals surface area contributed by atoms with Crippen molar-refractivity contribution in [2.45, 2.75) is 68.9 Å². The number of aliphatic hydroxyl groups is 1. The molecule has 0 aromatic heterocycles. The number of hydrogen-bond donors (Lipinski definition) is 3. The van der Waals surface area contributed by atoms with Crippen LogP contribution in [-0.2, 0) is 9.47 Å². The minimum absolute atomic E-state index is 0.367. The molecule has 0 radical (unpaired) electrons. The molecule has 11 atom stereocenters. The largest absolute Gasteiger partial charge is 0.387 e. The Bertz CT molecular complexity index is 634. The first-order valence-corrected chi connectivity index (χ1v) is 12.2. The van der Waals surface area contributed by atoms with Gasteiger partial charge in [-0.2, -0.15) is 0 Å². The van der Waals surface area contributed by atoms with Crippen molar-refractivity contribution in [2.24, 2.45) is 41.2 Å². The number of nitrogens with zero attached hydrogens (tertiary/aromatic N) is 1. The van der Waals surface area contributed by atoms with E-state index in [9.17, 15) is 5.11 Å². The zero-order valence-electron chi connectivity index (χ0n) is 17.8. The molecule has 1 aliphatic carbocycles. The van der Waals surface area contributed by atoms with E-state index in [2.05, 4.69) is 17.1 Å². The van der Waals surface area contributed by atoms with Crippen molar-refractivity contribution >= 4 is 0 Å². The lowest BCUT2D eigenvalue weighted by Crippen LogP contribution is -2.65. The molecule has 0 aromatic carbocycles. The molecule has 6 fully saturated rings. The van der Waals surface area contributed by atoms with E-state index in [0.29, 0.717) is 60.4 Å². The molecule has 0 amide bonds. The lowest BCUT2D eigenvalue weighted by atomic mass is 9.62. The zero-order chi connectivity index (χ0) is 19.8. The molecule has 29 heavy (non-hydrogen) atoms. The van der Waals surface area contributed by atoms with Gasteiger partial charge in [-0.1, -0.05) is 6.92 Å². The first kappa shape index (κ1) is 19.4. The highest BCUT2D eigenvalue weighted by atomic mass is 16.5. The van der Waals surface area contributed by atoms with Gasteiger partial charge in [-0.05, 0) is 68.2 Å². The summed E-state index contributed by atoms with van der Waals surface area (Å²) in [6, 6.07) is 1.61. The van der Waals surface area contributed by atoms with Crippen LogP contribution in [-0.4, -0.2) is 79.3 Å². The van der Waals surface area contributed by atoms with Crippen molar-refractivity contribution in [3.63, 3.8) is 0 Å². The minimum atomic E-state index is -0.646. The van der Waals surface area contributed by atoms with Gasteiger partial charge >= 0.3 is 0 Å². The van der Waals surface area contributed by atoms with E-state index in [0.717, 1.165) is 45.1 Å². The van der Waals surface area contributed by atoms with Crippen LogP contribution in [0.3, 0.4) is 0 Å². The molecule has 6 heteroatoms. The number of piperidine rings is 2. The maximum atomic E-state index is 11.3. The van der Waals surface area contributed by atoms with Crippen molar-refractivity contribution in [1.82, 2.24) is 10.2 Å². The first-order valence-electron chi connectivity index (χ1n) is 12.2. The Morgan fingerprint density at radius 3 is 2.90 bits per heavy atom. The molecule has 5 saturated heterocycles. The fourth-order valence-electron chi connectivity index (χ4n) is 8.48. The standard InChI is InChI=1S/C23H39N3O3/c1-2-23(27)12-28-11-14-9-26-10-17-16(8-24)15-5-13-3-4-29-21(13)7-19(15)25-22(17)20(26)6-18(14)23/h13-22,25,27H,2-12,24H2,1H3/t13?,14?,15?,16?,17?,18?,19?,20?,21?,22?,23-/m1/s1. The maximum Gasteiger partial charge on any atom is 0.0910 e. The van der Waals surface area contributed by atoms with Crippen molar-refractivity contribution in [3.05, 3.63) is 0 Å². The van der Waals surface area contributed by atoms with E-state index in [1.54, 1.807) is 0 Å². The molecule has 0 spiro atoms. The van der Waals surface area contributed by atoms with E-state index in [1.807, 2.05) is 0 Å². The molecule has 6 rings (SSSR count). The number of ether oxygens (including phenoxy) is 2. The molecule has 10 unspecified atom stereocenters. The second-order valence-corrected chi connectivity index (χ2v) is 11.1. The van der Waals surface area contributed by atoms with E-state index in [4.69, 9.17) is 15.2 Å². The summed E-state index contributed by atoms with van der Waals surface area (Å²) in [4.78, 5) is 2.73. The topological polar surface area (TPSA) is 80.0 Å². The van der Waals surface area contributed by atoms with Crippen molar-refractivity contribution < 1.29 is 14.6 Å². The molecule has 1 saturated carbocycles. The van der Waals surface area contributed by atoms with Crippen LogP contribution in [0.1, 0.15) is 39.0 Å². The second-order valence-electron chi connectivity index (χ2n) is 11.1. The van der Waals surface area contributed by atoms with Crippen LogP contribution < -0.4 is 11.1 Å². The first-order chi connectivity index (χ1) is 14.1. The molecule has 0 aromatic rings. The third-order valence-electron chi connectivity index (χ3n) is 10.0. The molecule has 164 valence electrons. The Kier molecular flexibility index (Phi) is 4.79. The van der Waals surface area contributed by atoms with Crippen LogP contribution in [0.2, 0.25) is 0 Å². The zero-order valence-corrected chi connectivity index (χ0v) is 17.8. The van der Waals surface area contributed by atoms with Gasteiger partial charge in [0.2, 0.25) is 0 Å². The minimum Gasteiger partial charge on any atom is -0.387 e. The number of nitrogens with one attached hydrogen (secondary N) is 1. The van der Waals surface area contributed by atoms with Gasteiger partial charge < -0.3 is 25.6 Å². The van der Waals surface area contributed by atoms with Crippen LogP contribution in [0.15, 0.2) is 0 Å². The van der Waals surface area contributed by atoms with Crippen LogP contribution in [0, 0.1) is 35.5 Å². The van der Waals surface area contributed by atoms with Crippen molar-refractivity contribution in [3.8, 4) is 0 Å². The monoisotopic (exact) mass is 405 g/mol. The number of hydrogen-bond acceptors (Lipinski definition) is 6. The number of rotatable bonds is 2. The number of fused-ring (bicyclic) bond motifs is 6. The highest BCUT2D eigenvalue weighted by Gasteiger charge is 2.59. The summed E-state index contributed by atoms with van der Waals surface area (Å²) < 4.78 is 11.9. The van der Waals surface area contributed by atoms with Gasteiger partial charge in [0.15, 0.2) is 0 Å². The third kappa shape index (κ3) is 2.90. The van der Waals surface area contributed by atoms with Gasteiger partial charge in [-0.15, -0.1) is 0 Å². The molecule has 4 N–H and O–H groups in total. The second kappa shape index (κ2) is 7.14. The Hall–Kier alpha value is -0.240. The summed E-state index contributed by atoms with van der Waals surface area (Å²) in [5, 5.41) is 15.4. The summed E-state index contributed by atoms with van der Waals surface area (Å²) in [6.07, 6.45) is 6.07. The molecular formula is C23H39N3O3. The van der Waals surface area contributed by atoms with Crippen LogP contribution in [0.5, 0.6) is 0 Å². The average molecular weight is 406 g/mol. The fourth-order valence-corrected chi connectivity index (χ4v) is 8.48. The average Bonchev–Trinajstić information content (AvgIpc) is 3.33. The quantitative estimate of drug-likeness (QED) is 0.631. The lowest BCUT2D eigenvalue weighted by Gasteiger charge is -2.53. The summed E-state index contributed by atoms with van der Waals surface area (Å²) in [5.41, 5.74) is 5.79. The molecule has 5 aliphatic heterocycles. The highest BCUT2D eigenvalue weighted by molar-refractivity contribution is 5.13. The summed E-state index contributed by atoms with van der Waals surface area (Å²) in [5.74, 6) is 3.58. The van der Waals surface area contributed by atoms with Crippen LogP contribution in [0.25, 0.3) is 0 Å². The Morgan fingerprint density at radius 2 is 2.07 bits per heavy atom. The Balaban J connectivity index is 1.26. The maximum absolute atomic E-state index is 11.3. The molecule has 6 aliphatic rings. The van der Waals surface area contributed by atoms with E-state index < -0.39 is 5.60 Å². The SMILES string of the molecule is CC[C@@]1(O)COCC2CN3CC4C(CN)C5CC6CCOC6CC5NC4C3CC21. The highest BCUT2D eigenvalue weighted by Crippen LogP contribution is 2.51. The van der Waals surface area contributed by atoms with E-state index >= 15 is 0 Å². The Morgan fingerprint density at radius 1 is 1.17 bits per heavy atom. The normalized spacial score (nSPS) is 56.8. The smallest absolute Gasteiger partial charge is 0.0910 e.